The van der Waals surface area contributed by atoms with Crippen LogP contribution in [0.1, 0.15) is 46.7 Å². The zero-order valence-corrected chi connectivity index (χ0v) is 19.5. The van der Waals surface area contributed by atoms with E-state index in [4.69, 9.17) is 11.6 Å². The van der Waals surface area contributed by atoms with E-state index in [2.05, 4.69) is 10.2 Å². The maximum Gasteiger partial charge on any atom is 0.151 e. The van der Waals surface area contributed by atoms with Gasteiger partial charge in [-0.1, -0.05) is 17.7 Å². The summed E-state index contributed by atoms with van der Waals surface area (Å²) in [5.74, 6) is -1.52. The molecule has 0 bridgehead atoms. The summed E-state index contributed by atoms with van der Waals surface area (Å²) in [5.41, 5.74) is 3.98. The van der Waals surface area contributed by atoms with Crippen LogP contribution < -0.4 is 0 Å². The number of hydrogen-bond donors (Lipinski definition) is 0. The number of carbonyl (C=O) groups is 3. The Bertz CT molecular complexity index is 1150. The fourth-order valence-corrected chi connectivity index (χ4v) is 5.28. The van der Waals surface area contributed by atoms with Gasteiger partial charge in [-0.3, -0.25) is 14.4 Å². The molecule has 3 aromatic rings. The molecular weight excluding hydrogens is 444 g/mol. The molecule has 1 fully saturated rings. The van der Waals surface area contributed by atoms with E-state index in [1.807, 2.05) is 43.5 Å². The maximum atomic E-state index is 13.2. The molecule has 164 valence electrons. The lowest BCUT2D eigenvalue weighted by Gasteiger charge is -2.17. The van der Waals surface area contributed by atoms with E-state index in [0.717, 1.165) is 27.1 Å². The Labute approximate surface area is 195 Å². The van der Waals surface area contributed by atoms with Gasteiger partial charge in [-0.25, -0.2) is 0 Å². The van der Waals surface area contributed by atoms with Gasteiger partial charge in [0.15, 0.2) is 10.9 Å². The van der Waals surface area contributed by atoms with Gasteiger partial charge in [0.1, 0.15) is 17.5 Å². The third kappa shape index (κ3) is 4.71. The molecule has 0 radical (unpaired) electrons. The molecule has 0 N–H and O–H groups in total. The van der Waals surface area contributed by atoms with E-state index in [0.29, 0.717) is 23.7 Å². The van der Waals surface area contributed by atoms with E-state index in [1.165, 1.54) is 0 Å². The van der Waals surface area contributed by atoms with Gasteiger partial charge in [0.05, 0.1) is 5.69 Å². The van der Waals surface area contributed by atoms with Crippen LogP contribution in [0.15, 0.2) is 41.8 Å². The molecule has 1 aromatic carbocycles. The van der Waals surface area contributed by atoms with Crippen molar-refractivity contribution >= 4 is 40.3 Å². The van der Waals surface area contributed by atoms with Gasteiger partial charge in [0.25, 0.3) is 0 Å². The predicted molar refractivity (Wildman–Crippen MR) is 125 cm³/mol. The second-order valence-electron chi connectivity index (χ2n) is 8.29. The largest absolute Gasteiger partial charge is 0.300 e. The molecule has 2 unspecified atom stereocenters. The summed E-state index contributed by atoms with van der Waals surface area (Å²) in [5, 5.41) is 10.3. The van der Waals surface area contributed by atoms with Gasteiger partial charge in [-0.05, 0) is 72.7 Å². The molecule has 2 aromatic heterocycles. The van der Waals surface area contributed by atoms with Gasteiger partial charge in [0.2, 0.25) is 0 Å². The molecule has 1 aliphatic carbocycles. The molecule has 1 aliphatic rings. The smallest absolute Gasteiger partial charge is 0.151 e. The number of aromatic nitrogens is 2. The Morgan fingerprint density at radius 1 is 1.12 bits per heavy atom. The minimum atomic E-state index is -0.796. The Kier molecular flexibility index (Phi) is 6.63. The van der Waals surface area contributed by atoms with Crippen molar-refractivity contribution in [3.05, 3.63) is 68.5 Å². The number of thiophene rings is 1. The number of benzene rings is 1. The van der Waals surface area contributed by atoms with Crippen molar-refractivity contribution in [1.82, 2.24) is 10.2 Å². The first-order valence-electron chi connectivity index (χ1n) is 10.5. The van der Waals surface area contributed by atoms with Crippen molar-refractivity contribution < 1.29 is 14.4 Å². The second-order valence-corrected chi connectivity index (χ2v) is 9.71. The van der Waals surface area contributed by atoms with Crippen LogP contribution in [-0.4, -0.2) is 27.5 Å². The number of rotatable bonds is 7. The van der Waals surface area contributed by atoms with Crippen molar-refractivity contribution in [3.8, 4) is 11.3 Å². The third-order valence-corrected chi connectivity index (χ3v) is 7.11. The summed E-state index contributed by atoms with van der Waals surface area (Å²) >= 11 is 7.45. The van der Waals surface area contributed by atoms with Crippen LogP contribution in [-0.2, 0) is 20.8 Å². The van der Waals surface area contributed by atoms with Crippen LogP contribution in [0.4, 0.5) is 0 Å². The zero-order valence-electron chi connectivity index (χ0n) is 17.9. The molecule has 0 saturated heterocycles. The Balaban J connectivity index is 1.50. The van der Waals surface area contributed by atoms with Crippen LogP contribution >= 0.6 is 22.9 Å². The number of nitrogens with zero attached hydrogens (tertiary/aromatic N) is 2. The minimum Gasteiger partial charge on any atom is -0.300 e. The van der Waals surface area contributed by atoms with Crippen molar-refractivity contribution in [3.63, 3.8) is 0 Å². The van der Waals surface area contributed by atoms with Crippen molar-refractivity contribution in [1.29, 1.82) is 0 Å². The lowest BCUT2D eigenvalue weighted by molar-refractivity contribution is -0.127. The average Bonchev–Trinajstić information content (AvgIpc) is 3.36. The SMILES string of the molecule is Cc1cc(-c2ccc(Cl)nn2)cc(C)c1C1C(=O)CC(CC(=O)CCc2cccs2)C1=O. The van der Waals surface area contributed by atoms with Gasteiger partial charge >= 0.3 is 0 Å². The zero-order chi connectivity index (χ0) is 22.8. The molecule has 1 saturated carbocycles. The van der Waals surface area contributed by atoms with Gasteiger partial charge in [-0.15, -0.1) is 21.5 Å². The number of Topliss-reactive ketones (excluding diaryl/α,β-unsaturated/α-hetero) is 3. The highest BCUT2D eigenvalue weighted by atomic mass is 35.5. The molecule has 2 heterocycles. The van der Waals surface area contributed by atoms with E-state index in [9.17, 15) is 14.4 Å². The summed E-state index contributed by atoms with van der Waals surface area (Å²) in [6, 6.07) is 11.3. The Morgan fingerprint density at radius 2 is 1.88 bits per heavy atom. The predicted octanol–water partition coefficient (Wildman–Crippen LogP) is 5.31. The van der Waals surface area contributed by atoms with Crippen LogP contribution in [0, 0.1) is 19.8 Å². The summed E-state index contributed by atoms with van der Waals surface area (Å²) in [4.78, 5) is 39.6. The van der Waals surface area contributed by atoms with Crippen molar-refractivity contribution in [2.75, 3.05) is 0 Å². The summed E-state index contributed by atoms with van der Waals surface area (Å²) < 4.78 is 0. The number of halogens is 1. The lowest BCUT2D eigenvalue weighted by atomic mass is 9.85. The fourth-order valence-electron chi connectivity index (χ4n) is 4.47. The van der Waals surface area contributed by atoms with Crippen molar-refractivity contribution in [2.45, 2.75) is 45.4 Å². The van der Waals surface area contributed by atoms with Gasteiger partial charge in [-0.2, -0.15) is 0 Å². The average molecular weight is 467 g/mol. The highest BCUT2D eigenvalue weighted by Gasteiger charge is 2.43. The Morgan fingerprint density at radius 3 is 2.50 bits per heavy atom. The molecule has 0 aliphatic heterocycles. The molecule has 32 heavy (non-hydrogen) atoms. The van der Waals surface area contributed by atoms with Crippen LogP contribution in [0.25, 0.3) is 11.3 Å². The molecule has 4 rings (SSSR count). The highest BCUT2D eigenvalue weighted by Crippen LogP contribution is 2.38. The topological polar surface area (TPSA) is 77.0 Å². The Hall–Kier alpha value is -2.70. The number of carbonyl (C=O) groups excluding carboxylic acids is 3. The number of aryl methyl sites for hydroxylation is 3. The first-order valence-corrected chi connectivity index (χ1v) is 11.8. The fraction of sp³-hybridized carbons (Fsp3) is 0.320. The number of ketones is 3. The molecule has 0 spiro atoms. The monoisotopic (exact) mass is 466 g/mol. The highest BCUT2D eigenvalue weighted by molar-refractivity contribution is 7.09. The number of hydrogen-bond acceptors (Lipinski definition) is 6. The maximum absolute atomic E-state index is 13.2. The van der Waals surface area contributed by atoms with Gasteiger partial charge < -0.3 is 0 Å². The first kappa shape index (κ1) is 22.5. The van der Waals surface area contributed by atoms with Crippen molar-refractivity contribution in [2.24, 2.45) is 5.92 Å². The normalized spacial score (nSPS) is 18.3. The summed E-state index contributed by atoms with van der Waals surface area (Å²) in [6.45, 7) is 3.80. The standard InChI is InChI=1S/C25H23ClN2O3S/c1-14-10-16(20-7-8-22(26)28-27-20)11-15(2)23(14)24-21(30)13-17(25(24)31)12-18(29)5-6-19-4-3-9-32-19/h3-4,7-11,17,24H,5-6,12-13H2,1-2H3. The van der Waals surface area contributed by atoms with E-state index < -0.39 is 11.8 Å². The first-order chi connectivity index (χ1) is 15.3. The quantitative estimate of drug-likeness (QED) is 0.441. The van der Waals surface area contributed by atoms with E-state index in [-0.39, 0.29) is 30.2 Å². The second kappa shape index (κ2) is 9.43. The molecule has 2 atom stereocenters. The summed E-state index contributed by atoms with van der Waals surface area (Å²) in [7, 11) is 0. The summed E-state index contributed by atoms with van der Waals surface area (Å²) in [6.07, 6.45) is 1.36. The molecule has 7 heteroatoms. The van der Waals surface area contributed by atoms with Crippen LogP contribution in [0.3, 0.4) is 0 Å². The minimum absolute atomic E-state index is 0.0373. The lowest BCUT2D eigenvalue weighted by Crippen LogP contribution is -2.19. The van der Waals surface area contributed by atoms with Crippen LogP contribution in [0.2, 0.25) is 5.15 Å². The molecule has 0 amide bonds. The van der Waals surface area contributed by atoms with E-state index in [1.54, 1.807) is 23.5 Å². The van der Waals surface area contributed by atoms with E-state index >= 15 is 0 Å². The molecular formula is C25H23ClN2O3S. The van der Waals surface area contributed by atoms with Gasteiger partial charge in [0, 0.05) is 35.6 Å². The molecule has 5 nitrogen and oxygen atoms in total. The van der Waals surface area contributed by atoms with Crippen LogP contribution in [0.5, 0.6) is 0 Å². The third-order valence-electron chi connectivity index (χ3n) is 5.97.